The number of fused-ring (bicyclic) bond motifs is 1. The highest BCUT2D eigenvalue weighted by Crippen LogP contribution is 2.33. The Bertz CT molecular complexity index is 610. The van der Waals surface area contributed by atoms with Gasteiger partial charge < -0.3 is 14.6 Å². The number of hydrogen-bond donors (Lipinski definition) is 1. The Morgan fingerprint density at radius 1 is 1.52 bits per heavy atom. The highest BCUT2D eigenvalue weighted by atomic mass is 32.1. The highest BCUT2D eigenvalue weighted by Gasteiger charge is 2.33. The van der Waals surface area contributed by atoms with Crippen LogP contribution in [0.5, 0.6) is 0 Å². The van der Waals surface area contributed by atoms with Gasteiger partial charge in [0.1, 0.15) is 11.6 Å². The molecule has 0 spiro atoms. The third-order valence-electron chi connectivity index (χ3n) is 4.09. The van der Waals surface area contributed by atoms with Crippen LogP contribution in [0.3, 0.4) is 0 Å². The maximum atomic E-state index is 5.82. The molecule has 2 aromatic rings. The van der Waals surface area contributed by atoms with Crippen molar-refractivity contribution in [2.75, 3.05) is 13.2 Å². The van der Waals surface area contributed by atoms with Gasteiger partial charge in [-0.25, -0.2) is 0 Å². The van der Waals surface area contributed by atoms with Gasteiger partial charge in [0, 0.05) is 18.0 Å². The molecule has 114 valence electrons. The lowest BCUT2D eigenvalue weighted by molar-refractivity contribution is -0.0403. The number of aromatic nitrogens is 2. The van der Waals surface area contributed by atoms with Crippen molar-refractivity contribution in [1.29, 1.82) is 0 Å². The van der Waals surface area contributed by atoms with Gasteiger partial charge in [-0.3, -0.25) is 0 Å². The minimum absolute atomic E-state index is 0.00369. The van der Waals surface area contributed by atoms with Gasteiger partial charge in [-0.05, 0) is 43.7 Å². The van der Waals surface area contributed by atoms with E-state index < -0.39 is 5.60 Å². The first-order chi connectivity index (χ1) is 10.2. The second-order valence-electron chi connectivity index (χ2n) is 5.41. The van der Waals surface area contributed by atoms with Gasteiger partial charge in [0.15, 0.2) is 0 Å². The molecule has 1 N–H and O–H groups in total. The number of nitrogens with zero attached hydrogens (tertiary/aromatic N) is 2. The van der Waals surface area contributed by atoms with E-state index in [1.807, 2.05) is 13.8 Å². The molecule has 6 heteroatoms. The summed E-state index contributed by atoms with van der Waals surface area (Å²) in [7, 11) is 0. The number of thiophene rings is 1. The standard InChI is InChI=1S/C15H21N3O2S/c1-4-15(3,19-5-2)14-17-13(20-18-14)12-10-7-9-21-11(10)6-8-16-12/h7,9,12,16H,4-6,8H2,1-3H3. The Hall–Kier alpha value is -1.24. The van der Waals surface area contributed by atoms with E-state index in [0.717, 1.165) is 19.4 Å². The summed E-state index contributed by atoms with van der Waals surface area (Å²) < 4.78 is 11.3. The molecule has 2 aromatic heterocycles. The van der Waals surface area contributed by atoms with E-state index in [0.29, 0.717) is 18.3 Å². The van der Waals surface area contributed by atoms with Gasteiger partial charge in [0.2, 0.25) is 11.7 Å². The molecular formula is C15H21N3O2S. The van der Waals surface area contributed by atoms with E-state index in [1.165, 1.54) is 10.4 Å². The van der Waals surface area contributed by atoms with Crippen LogP contribution in [0.2, 0.25) is 0 Å². The van der Waals surface area contributed by atoms with Crippen molar-refractivity contribution in [3.05, 3.63) is 33.6 Å². The average molecular weight is 307 g/mol. The van der Waals surface area contributed by atoms with Crippen molar-refractivity contribution in [2.45, 2.75) is 45.3 Å². The summed E-state index contributed by atoms with van der Waals surface area (Å²) in [5.41, 5.74) is 0.777. The molecule has 5 nitrogen and oxygen atoms in total. The molecule has 2 unspecified atom stereocenters. The van der Waals surface area contributed by atoms with Crippen molar-refractivity contribution < 1.29 is 9.26 Å². The van der Waals surface area contributed by atoms with Gasteiger partial charge in [-0.15, -0.1) is 11.3 Å². The molecule has 0 saturated carbocycles. The maximum Gasteiger partial charge on any atom is 0.248 e. The second-order valence-corrected chi connectivity index (χ2v) is 6.41. The minimum Gasteiger partial charge on any atom is -0.367 e. The molecule has 0 amide bonds. The van der Waals surface area contributed by atoms with Gasteiger partial charge in [-0.2, -0.15) is 4.98 Å². The largest absolute Gasteiger partial charge is 0.367 e. The van der Waals surface area contributed by atoms with Gasteiger partial charge in [0.05, 0.1) is 0 Å². The molecule has 0 fully saturated rings. The van der Waals surface area contributed by atoms with Crippen molar-refractivity contribution in [3.63, 3.8) is 0 Å². The Balaban J connectivity index is 1.90. The fourth-order valence-corrected chi connectivity index (χ4v) is 3.60. The van der Waals surface area contributed by atoms with Crippen LogP contribution in [0.15, 0.2) is 16.0 Å². The van der Waals surface area contributed by atoms with Crippen molar-refractivity contribution in [1.82, 2.24) is 15.5 Å². The smallest absolute Gasteiger partial charge is 0.248 e. The summed E-state index contributed by atoms with van der Waals surface area (Å²) in [6.07, 6.45) is 1.87. The van der Waals surface area contributed by atoms with Crippen molar-refractivity contribution in [3.8, 4) is 0 Å². The second kappa shape index (κ2) is 5.87. The van der Waals surface area contributed by atoms with E-state index >= 15 is 0 Å². The molecule has 0 saturated heterocycles. The van der Waals surface area contributed by atoms with E-state index in [4.69, 9.17) is 9.26 Å². The molecule has 1 aliphatic rings. The Morgan fingerprint density at radius 2 is 2.38 bits per heavy atom. The Morgan fingerprint density at radius 3 is 3.14 bits per heavy atom. The van der Waals surface area contributed by atoms with Crippen LogP contribution in [0, 0.1) is 0 Å². The monoisotopic (exact) mass is 307 g/mol. The Kier molecular flexibility index (Phi) is 4.10. The molecule has 2 atom stereocenters. The number of rotatable bonds is 5. The van der Waals surface area contributed by atoms with Crippen LogP contribution in [-0.2, 0) is 16.8 Å². The molecule has 0 aliphatic carbocycles. The zero-order valence-corrected chi connectivity index (χ0v) is 13.5. The summed E-state index contributed by atoms with van der Waals surface area (Å²) >= 11 is 1.79. The zero-order chi connectivity index (χ0) is 14.9. The fourth-order valence-electron chi connectivity index (χ4n) is 2.68. The van der Waals surface area contributed by atoms with E-state index in [9.17, 15) is 0 Å². The van der Waals surface area contributed by atoms with Crippen molar-refractivity contribution in [2.24, 2.45) is 0 Å². The van der Waals surface area contributed by atoms with Gasteiger partial charge >= 0.3 is 0 Å². The first-order valence-corrected chi connectivity index (χ1v) is 8.33. The van der Waals surface area contributed by atoms with Crippen LogP contribution in [0.25, 0.3) is 0 Å². The molecule has 0 bridgehead atoms. The van der Waals surface area contributed by atoms with Crippen LogP contribution in [-0.4, -0.2) is 23.3 Å². The van der Waals surface area contributed by atoms with E-state index in [-0.39, 0.29) is 6.04 Å². The maximum absolute atomic E-state index is 5.82. The minimum atomic E-state index is -0.483. The summed E-state index contributed by atoms with van der Waals surface area (Å²) in [6, 6.07) is 2.14. The number of ether oxygens (including phenoxy) is 1. The molecule has 21 heavy (non-hydrogen) atoms. The molecule has 0 radical (unpaired) electrons. The molecule has 0 aromatic carbocycles. The summed E-state index contributed by atoms with van der Waals surface area (Å²) in [5.74, 6) is 1.26. The lowest BCUT2D eigenvalue weighted by Gasteiger charge is -2.24. The third kappa shape index (κ3) is 2.63. The lowest BCUT2D eigenvalue weighted by atomic mass is 10.0. The SMILES string of the molecule is CCOC(C)(CC)c1noc(C2NCCc3sccc32)n1. The van der Waals surface area contributed by atoms with E-state index in [2.05, 4.69) is 33.8 Å². The molecule has 3 rings (SSSR count). The molecule has 1 aliphatic heterocycles. The molecule has 3 heterocycles. The lowest BCUT2D eigenvalue weighted by Crippen LogP contribution is -2.30. The first kappa shape index (κ1) is 14.7. The van der Waals surface area contributed by atoms with Crippen LogP contribution >= 0.6 is 11.3 Å². The summed E-state index contributed by atoms with van der Waals surface area (Å²) in [4.78, 5) is 6.02. The predicted octanol–water partition coefficient (Wildman–Crippen LogP) is 3.03. The van der Waals surface area contributed by atoms with Crippen LogP contribution < -0.4 is 5.32 Å². The molecular weight excluding hydrogens is 286 g/mol. The fraction of sp³-hybridized carbons (Fsp3) is 0.600. The third-order valence-corrected chi connectivity index (χ3v) is 5.09. The first-order valence-electron chi connectivity index (χ1n) is 7.45. The van der Waals surface area contributed by atoms with Crippen LogP contribution in [0.4, 0.5) is 0 Å². The quantitative estimate of drug-likeness (QED) is 0.920. The van der Waals surface area contributed by atoms with Gasteiger partial charge in [-0.1, -0.05) is 12.1 Å². The highest BCUT2D eigenvalue weighted by molar-refractivity contribution is 7.10. The zero-order valence-electron chi connectivity index (χ0n) is 12.7. The number of nitrogens with one attached hydrogen (secondary N) is 1. The van der Waals surface area contributed by atoms with Crippen LogP contribution in [0.1, 0.15) is 55.4 Å². The topological polar surface area (TPSA) is 60.2 Å². The average Bonchev–Trinajstić information content (AvgIpc) is 3.16. The van der Waals surface area contributed by atoms with Gasteiger partial charge in [0.25, 0.3) is 0 Å². The van der Waals surface area contributed by atoms with Crippen molar-refractivity contribution >= 4 is 11.3 Å². The Labute approximate surface area is 128 Å². The summed E-state index contributed by atoms with van der Waals surface area (Å²) in [6.45, 7) is 7.63. The predicted molar refractivity (Wildman–Crippen MR) is 81.4 cm³/mol. The normalized spacial score (nSPS) is 21.0. The van der Waals surface area contributed by atoms with E-state index in [1.54, 1.807) is 11.3 Å². The number of hydrogen-bond acceptors (Lipinski definition) is 6. The summed E-state index contributed by atoms with van der Waals surface area (Å²) in [5, 5.41) is 9.75.